The summed E-state index contributed by atoms with van der Waals surface area (Å²) in [6.07, 6.45) is 5.38. The first kappa shape index (κ1) is 14.1. The summed E-state index contributed by atoms with van der Waals surface area (Å²) in [5.41, 5.74) is 1.13. The number of hydrogen-bond acceptors (Lipinski definition) is 3. The first-order chi connectivity index (χ1) is 8.13. The molecule has 0 aliphatic heterocycles. The van der Waals surface area contributed by atoms with Crippen LogP contribution < -0.4 is 5.32 Å². The van der Waals surface area contributed by atoms with Crippen LogP contribution in [0.5, 0.6) is 0 Å². The van der Waals surface area contributed by atoms with Crippen LogP contribution in [0.4, 0.5) is 0 Å². The highest BCUT2D eigenvalue weighted by atomic mass is 15.0. The number of aromatic nitrogens is 2. The molecule has 0 bridgehead atoms. The van der Waals surface area contributed by atoms with Gasteiger partial charge in [0, 0.05) is 12.2 Å². The molecular weight excluding hydrogens is 210 g/mol. The molecular formula is C14H25N3. The molecule has 1 unspecified atom stereocenters. The number of nitrogens with one attached hydrogen (secondary N) is 1. The Kier molecular flexibility index (Phi) is 6.12. The fourth-order valence-corrected chi connectivity index (χ4v) is 1.84. The van der Waals surface area contributed by atoms with Crippen LogP contribution in [-0.2, 0) is 0 Å². The molecule has 0 aliphatic rings. The van der Waals surface area contributed by atoms with E-state index in [9.17, 15) is 0 Å². The number of nitrogens with zero attached hydrogens (tertiary/aromatic N) is 2. The lowest BCUT2D eigenvalue weighted by Crippen LogP contribution is -2.23. The van der Waals surface area contributed by atoms with Crippen LogP contribution in [0.1, 0.15) is 57.6 Å². The summed E-state index contributed by atoms with van der Waals surface area (Å²) in [5.74, 6) is 1.60. The van der Waals surface area contributed by atoms with E-state index in [1.165, 1.54) is 6.42 Å². The van der Waals surface area contributed by atoms with Gasteiger partial charge in [-0.1, -0.05) is 20.8 Å². The van der Waals surface area contributed by atoms with Gasteiger partial charge < -0.3 is 5.32 Å². The van der Waals surface area contributed by atoms with E-state index in [0.717, 1.165) is 36.8 Å². The third kappa shape index (κ3) is 5.26. The van der Waals surface area contributed by atoms with Crippen LogP contribution in [0.15, 0.2) is 12.3 Å². The quantitative estimate of drug-likeness (QED) is 0.788. The Labute approximate surface area is 105 Å². The molecule has 3 nitrogen and oxygen atoms in total. The maximum Gasteiger partial charge on any atom is 0.125 e. The minimum absolute atomic E-state index is 0.374. The fraction of sp³-hybridized carbons (Fsp3) is 0.714. The third-order valence-corrected chi connectivity index (χ3v) is 2.83. The highest BCUT2D eigenvalue weighted by Gasteiger charge is 2.12. The second kappa shape index (κ2) is 7.38. The highest BCUT2D eigenvalue weighted by molar-refractivity contribution is 5.07. The normalized spacial score (nSPS) is 13.0. The van der Waals surface area contributed by atoms with Gasteiger partial charge in [0.2, 0.25) is 0 Å². The van der Waals surface area contributed by atoms with Gasteiger partial charge in [-0.25, -0.2) is 9.97 Å². The summed E-state index contributed by atoms with van der Waals surface area (Å²) in [6, 6.07) is 2.40. The van der Waals surface area contributed by atoms with E-state index >= 15 is 0 Å². The summed E-state index contributed by atoms with van der Waals surface area (Å²) < 4.78 is 0. The largest absolute Gasteiger partial charge is 0.309 e. The third-order valence-electron chi connectivity index (χ3n) is 2.83. The predicted octanol–water partition coefficient (Wildman–Crippen LogP) is 3.26. The van der Waals surface area contributed by atoms with Gasteiger partial charge in [-0.2, -0.15) is 0 Å². The smallest absolute Gasteiger partial charge is 0.125 e. The van der Waals surface area contributed by atoms with Crippen molar-refractivity contribution < 1.29 is 0 Å². The zero-order chi connectivity index (χ0) is 12.7. The Morgan fingerprint density at radius 1 is 1.29 bits per heavy atom. The number of rotatable bonds is 7. The molecule has 0 fully saturated rings. The van der Waals surface area contributed by atoms with Gasteiger partial charge >= 0.3 is 0 Å². The van der Waals surface area contributed by atoms with Crippen LogP contribution >= 0.6 is 0 Å². The predicted molar refractivity (Wildman–Crippen MR) is 71.9 cm³/mol. The van der Waals surface area contributed by atoms with Crippen LogP contribution in [0.2, 0.25) is 0 Å². The van der Waals surface area contributed by atoms with Crippen LogP contribution in [0.3, 0.4) is 0 Å². The van der Waals surface area contributed by atoms with E-state index in [4.69, 9.17) is 0 Å². The Bertz CT molecular complexity index is 323. The topological polar surface area (TPSA) is 37.8 Å². The van der Waals surface area contributed by atoms with Crippen molar-refractivity contribution in [1.29, 1.82) is 0 Å². The Morgan fingerprint density at radius 3 is 2.65 bits per heavy atom. The molecule has 0 amide bonds. The average Bonchev–Trinajstić information content (AvgIpc) is 2.29. The molecule has 1 aromatic heterocycles. The Morgan fingerprint density at radius 2 is 2.06 bits per heavy atom. The molecule has 96 valence electrons. The molecule has 0 saturated heterocycles. The van der Waals surface area contributed by atoms with Crippen molar-refractivity contribution in [2.24, 2.45) is 5.92 Å². The van der Waals surface area contributed by atoms with Crippen LogP contribution in [0.25, 0.3) is 0 Å². The number of aryl methyl sites for hydroxylation is 1. The zero-order valence-corrected chi connectivity index (χ0v) is 11.5. The van der Waals surface area contributed by atoms with E-state index in [1.807, 2.05) is 19.2 Å². The zero-order valence-electron chi connectivity index (χ0n) is 11.5. The second-order valence-electron chi connectivity index (χ2n) is 5.01. The summed E-state index contributed by atoms with van der Waals surface area (Å²) in [5, 5.41) is 3.58. The monoisotopic (exact) mass is 235 g/mol. The second-order valence-corrected chi connectivity index (χ2v) is 5.01. The van der Waals surface area contributed by atoms with E-state index in [2.05, 4.69) is 36.1 Å². The van der Waals surface area contributed by atoms with Crippen molar-refractivity contribution in [2.45, 2.75) is 53.0 Å². The minimum atomic E-state index is 0.374. The van der Waals surface area contributed by atoms with Gasteiger partial charge in [-0.05, 0) is 44.7 Å². The van der Waals surface area contributed by atoms with Crippen LogP contribution in [-0.4, -0.2) is 16.5 Å². The summed E-state index contributed by atoms with van der Waals surface area (Å²) in [4.78, 5) is 8.69. The van der Waals surface area contributed by atoms with E-state index < -0.39 is 0 Å². The van der Waals surface area contributed by atoms with Gasteiger partial charge in [-0.3, -0.25) is 0 Å². The molecule has 0 saturated carbocycles. The Hall–Kier alpha value is -0.960. The number of hydrogen-bond donors (Lipinski definition) is 1. The highest BCUT2D eigenvalue weighted by Crippen LogP contribution is 2.19. The average molecular weight is 235 g/mol. The minimum Gasteiger partial charge on any atom is -0.309 e. The van der Waals surface area contributed by atoms with Gasteiger partial charge in [0.15, 0.2) is 0 Å². The van der Waals surface area contributed by atoms with Crippen molar-refractivity contribution in [1.82, 2.24) is 15.3 Å². The van der Waals surface area contributed by atoms with Crippen molar-refractivity contribution in [3.63, 3.8) is 0 Å². The standard InChI is InChI=1S/C14H25N3/c1-5-9-16-13(7-6-11(2)3)14-8-10-15-12(4)17-14/h8,10-11,13,16H,5-7,9H2,1-4H3. The van der Waals surface area contributed by atoms with Gasteiger partial charge in [0.1, 0.15) is 5.82 Å². The fourth-order valence-electron chi connectivity index (χ4n) is 1.84. The molecule has 0 aliphatic carbocycles. The molecule has 17 heavy (non-hydrogen) atoms. The SMILES string of the molecule is CCCNC(CCC(C)C)c1ccnc(C)n1. The van der Waals surface area contributed by atoms with Crippen molar-refractivity contribution in [3.8, 4) is 0 Å². The van der Waals surface area contributed by atoms with Crippen molar-refractivity contribution in [3.05, 3.63) is 23.8 Å². The van der Waals surface area contributed by atoms with Gasteiger partial charge in [0.25, 0.3) is 0 Å². The summed E-state index contributed by atoms with van der Waals surface area (Å²) >= 11 is 0. The summed E-state index contributed by atoms with van der Waals surface area (Å²) in [7, 11) is 0. The first-order valence-electron chi connectivity index (χ1n) is 6.66. The molecule has 1 rings (SSSR count). The van der Waals surface area contributed by atoms with Crippen molar-refractivity contribution >= 4 is 0 Å². The molecule has 1 N–H and O–H groups in total. The Balaban J connectivity index is 2.67. The van der Waals surface area contributed by atoms with E-state index in [0.29, 0.717) is 6.04 Å². The maximum atomic E-state index is 4.53. The molecule has 3 heteroatoms. The molecule has 0 spiro atoms. The molecule has 1 aromatic rings. The molecule has 0 aromatic carbocycles. The molecule has 1 atom stereocenters. The lowest BCUT2D eigenvalue weighted by molar-refractivity contribution is 0.433. The summed E-state index contributed by atoms with van der Waals surface area (Å²) in [6.45, 7) is 9.72. The molecule has 0 radical (unpaired) electrons. The van der Waals surface area contributed by atoms with Gasteiger partial charge in [0.05, 0.1) is 5.69 Å². The van der Waals surface area contributed by atoms with Gasteiger partial charge in [-0.15, -0.1) is 0 Å². The van der Waals surface area contributed by atoms with Crippen LogP contribution in [0, 0.1) is 12.8 Å². The van der Waals surface area contributed by atoms with E-state index in [-0.39, 0.29) is 0 Å². The lowest BCUT2D eigenvalue weighted by atomic mass is 10.0. The first-order valence-corrected chi connectivity index (χ1v) is 6.66. The molecule has 1 heterocycles. The van der Waals surface area contributed by atoms with E-state index in [1.54, 1.807) is 0 Å². The van der Waals surface area contributed by atoms with Crippen molar-refractivity contribution in [2.75, 3.05) is 6.54 Å². The lowest BCUT2D eigenvalue weighted by Gasteiger charge is -2.19. The maximum absolute atomic E-state index is 4.53.